The maximum absolute atomic E-state index is 14.2. The lowest BCUT2D eigenvalue weighted by molar-refractivity contribution is -0.171. The SMILES string of the molecule is CC1(C)CC(F)CC2(C)C1CCC1(C)OC(=O)CC12. The van der Waals surface area contributed by atoms with Crippen LogP contribution in [0.15, 0.2) is 0 Å². The Morgan fingerprint density at radius 3 is 2.53 bits per heavy atom. The van der Waals surface area contributed by atoms with Crippen molar-refractivity contribution in [3.05, 3.63) is 0 Å². The third-order valence-corrected chi connectivity index (χ3v) is 6.33. The van der Waals surface area contributed by atoms with Crippen LogP contribution in [0.1, 0.15) is 59.8 Å². The lowest BCUT2D eigenvalue weighted by atomic mass is 9.45. The molecule has 3 heteroatoms. The molecule has 2 saturated carbocycles. The molecule has 1 heterocycles. The van der Waals surface area contributed by atoms with Crippen LogP contribution in [0.3, 0.4) is 0 Å². The summed E-state index contributed by atoms with van der Waals surface area (Å²) in [7, 11) is 0. The Morgan fingerprint density at radius 1 is 1.16 bits per heavy atom. The zero-order valence-electron chi connectivity index (χ0n) is 12.5. The normalized spacial score (nSPS) is 52.3. The van der Waals surface area contributed by atoms with Crippen LogP contribution in [0.2, 0.25) is 0 Å². The molecule has 3 fully saturated rings. The maximum Gasteiger partial charge on any atom is 0.306 e. The van der Waals surface area contributed by atoms with Crippen molar-refractivity contribution in [3.8, 4) is 0 Å². The van der Waals surface area contributed by atoms with Gasteiger partial charge in [0.05, 0.1) is 6.42 Å². The second-order valence-electron chi connectivity index (χ2n) is 8.13. The molecule has 0 N–H and O–H groups in total. The summed E-state index contributed by atoms with van der Waals surface area (Å²) in [5.74, 6) is 0.594. The first-order valence-corrected chi connectivity index (χ1v) is 7.53. The summed E-state index contributed by atoms with van der Waals surface area (Å²) in [5, 5.41) is 0. The van der Waals surface area contributed by atoms with Crippen LogP contribution < -0.4 is 0 Å². The maximum atomic E-state index is 14.2. The fourth-order valence-electron chi connectivity index (χ4n) is 5.75. The van der Waals surface area contributed by atoms with Gasteiger partial charge < -0.3 is 4.74 Å². The average molecular weight is 268 g/mol. The summed E-state index contributed by atoms with van der Waals surface area (Å²) in [5.41, 5.74) is -0.421. The van der Waals surface area contributed by atoms with Crippen molar-refractivity contribution in [1.82, 2.24) is 0 Å². The molecule has 3 rings (SSSR count). The van der Waals surface area contributed by atoms with Gasteiger partial charge in [0, 0.05) is 5.92 Å². The van der Waals surface area contributed by atoms with E-state index in [9.17, 15) is 9.18 Å². The molecule has 0 bridgehead atoms. The topological polar surface area (TPSA) is 26.3 Å². The highest BCUT2D eigenvalue weighted by Crippen LogP contribution is 2.65. The molecule has 5 atom stereocenters. The van der Waals surface area contributed by atoms with Crippen molar-refractivity contribution in [1.29, 1.82) is 0 Å². The van der Waals surface area contributed by atoms with E-state index in [0.29, 0.717) is 25.2 Å². The molecule has 1 saturated heterocycles. The van der Waals surface area contributed by atoms with Gasteiger partial charge in [0.25, 0.3) is 0 Å². The smallest absolute Gasteiger partial charge is 0.306 e. The molecule has 2 aliphatic carbocycles. The van der Waals surface area contributed by atoms with Gasteiger partial charge in [0.1, 0.15) is 11.8 Å². The molecule has 0 radical (unpaired) electrons. The first kappa shape index (κ1) is 13.4. The van der Waals surface area contributed by atoms with Crippen LogP contribution in [0.25, 0.3) is 0 Å². The molecule has 5 unspecified atom stereocenters. The van der Waals surface area contributed by atoms with Gasteiger partial charge in [0.2, 0.25) is 0 Å². The number of fused-ring (bicyclic) bond motifs is 3. The number of alkyl halides is 1. The van der Waals surface area contributed by atoms with E-state index < -0.39 is 6.17 Å². The van der Waals surface area contributed by atoms with Gasteiger partial charge in [-0.25, -0.2) is 4.39 Å². The molecule has 0 aromatic carbocycles. The van der Waals surface area contributed by atoms with Crippen molar-refractivity contribution in [2.45, 2.75) is 71.6 Å². The summed E-state index contributed by atoms with van der Waals surface area (Å²) >= 11 is 0. The van der Waals surface area contributed by atoms with Crippen LogP contribution in [0.4, 0.5) is 4.39 Å². The van der Waals surface area contributed by atoms with E-state index in [1.165, 1.54) is 0 Å². The number of carbonyl (C=O) groups is 1. The second-order valence-corrected chi connectivity index (χ2v) is 8.13. The Labute approximate surface area is 115 Å². The largest absolute Gasteiger partial charge is 0.459 e. The Kier molecular flexibility index (Phi) is 2.63. The minimum atomic E-state index is -0.741. The molecule has 1 aliphatic heterocycles. The van der Waals surface area contributed by atoms with Crippen LogP contribution in [0, 0.1) is 22.7 Å². The van der Waals surface area contributed by atoms with E-state index in [1.54, 1.807) is 0 Å². The highest BCUT2D eigenvalue weighted by Gasteiger charge is 2.64. The monoisotopic (exact) mass is 268 g/mol. The zero-order chi connectivity index (χ0) is 14.1. The number of esters is 1. The minimum Gasteiger partial charge on any atom is -0.459 e. The lowest BCUT2D eigenvalue weighted by Gasteiger charge is -2.60. The predicted octanol–water partition coefficient (Wildman–Crippen LogP) is 3.88. The molecule has 0 amide bonds. The highest BCUT2D eigenvalue weighted by atomic mass is 19.1. The van der Waals surface area contributed by atoms with Crippen molar-refractivity contribution >= 4 is 5.97 Å². The molecule has 0 aromatic rings. The fourth-order valence-corrected chi connectivity index (χ4v) is 5.75. The number of rotatable bonds is 0. The van der Waals surface area contributed by atoms with Crippen molar-refractivity contribution < 1.29 is 13.9 Å². The van der Waals surface area contributed by atoms with Crippen LogP contribution >= 0.6 is 0 Å². The van der Waals surface area contributed by atoms with E-state index in [2.05, 4.69) is 27.7 Å². The van der Waals surface area contributed by atoms with Gasteiger partial charge in [-0.2, -0.15) is 0 Å². The molecule has 0 aromatic heterocycles. The molecular weight excluding hydrogens is 243 g/mol. The standard InChI is InChI=1S/C16H25FO2/c1-14(2)8-10(17)9-15(3)11(14)5-6-16(4)12(15)7-13(18)19-16/h10-12H,5-9H2,1-4H3. The van der Waals surface area contributed by atoms with Gasteiger partial charge in [-0.3, -0.25) is 4.79 Å². The Morgan fingerprint density at radius 2 is 1.84 bits per heavy atom. The predicted molar refractivity (Wildman–Crippen MR) is 71.3 cm³/mol. The van der Waals surface area contributed by atoms with Crippen molar-refractivity contribution in [3.63, 3.8) is 0 Å². The Balaban J connectivity index is 2.02. The molecule has 0 spiro atoms. The quantitative estimate of drug-likeness (QED) is 0.623. The molecule has 2 nitrogen and oxygen atoms in total. The number of hydrogen-bond donors (Lipinski definition) is 0. The van der Waals surface area contributed by atoms with E-state index >= 15 is 0 Å². The van der Waals surface area contributed by atoms with Crippen LogP contribution in [-0.4, -0.2) is 17.7 Å². The highest BCUT2D eigenvalue weighted by molar-refractivity contribution is 5.73. The molecule has 19 heavy (non-hydrogen) atoms. The summed E-state index contributed by atoms with van der Waals surface area (Å²) in [6.07, 6.45) is 2.98. The molecule has 108 valence electrons. The summed E-state index contributed by atoms with van der Waals surface area (Å²) in [4.78, 5) is 11.8. The summed E-state index contributed by atoms with van der Waals surface area (Å²) < 4.78 is 19.9. The minimum absolute atomic E-state index is 0.0272. The average Bonchev–Trinajstić information content (AvgIpc) is 2.51. The first-order valence-electron chi connectivity index (χ1n) is 7.53. The Bertz CT molecular complexity index is 419. The third kappa shape index (κ3) is 1.76. The van der Waals surface area contributed by atoms with Gasteiger partial charge in [0.15, 0.2) is 0 Å². The third-order valence-electron chi connectivity index (χ3n) is 6.33. The van der Waals surface area contributed by atoms with E-state index in [4.69, 9.17) is 4.74 Å². The van der Waals surface area contributed by atoms with Crippen LogP contribution in [-0.2, 0) is 9.53 Å². The fraction of sp³-hybridized carbons (Fsp3) is 0.938. The second kappa shape index (κ2) is 3.73. The number of halogens is 1. The molecular formula is C16H25FO2. The van der Waals surface area contributed by atoms with Gasteiger partial charge in [-0.05, 0) is 49.4 Å². The summed E-state index contributed by atoms with van der Waals surface area (Å²) in [6, 6.07) is 0. The van der Waals surface area contributed by atoms with E-state index in [-0.39, 0.29) is 28.3 Å². The van der Waals surface area contributed by atoms with E-state index in [0.717, 1.165) is 12.8 Å². The van der Waals surface area contributed by atoms with Gasteiger partial charge >= 0.3 is 5.97 Å². The number of carbonyl (C=O) groups excluding carboxylic acids is 1. The van der Waals surface area contributed by atoms with Crippen molar-refractivity contribution in [2.75, 3.05) is 0 Å². The number of ether oxygens (including phenoxy) is 1. The van der Waals surface area contributed by atoms with Gasteiger partial charge in [-0.15, -0.1) is 0 Å². The zero-order valence-corrected chi connectivity index (χ0v) is 12.5. The summed E-state index contributed by atoms with van der Waals surface area (Å²) in [6.45, 7) is 8.65. The van der Waals surface area contributed by atoms with Gasteiger partial charge in [-0.1, -0.05) is 20.8 Å². The molecule has 3 aliphatic rings. The van der Waals surface area contributed by atoms with Crippen molar-refractivity contribution in [2.24, 2.45) is 22.7 Å². The lowest BCUT2D eigenvalue weighted by Crippen LogP contribution is -2.57. The van der Waals surface area contributed by atoms with E-state index in [1.807, 2.05) is 0 Å². The van der Waals surface area contributed by atoms with Crippen LogP contribution in [0.5, 0.6) is 0 Å². The Hall–Kier alpha value is -0.600. The first-order chi connectivity index (χ1) is 8.67. The number of hydrogen-bond acceptors (Lipinski definition) is 2.